The van der Waals surface area contributed by atoms with Gasteiger partial charge in [-0.2, -0.15) is 0 Å². The van der Waals surface area contributed by atoms with Gasteiger partial charge in [-0.05, 0) is 97.6 Å². The highest BCUT2D eigenvalue weighted by molar-refractivity contribution is 5.31. The zero-order chi connectivity index (χ0) is 21.8. The minimum Gasteiger partial charge on any atom is -0.489 e. The molecule has 0 unspecified atom stereocenters. The van der Waals surface area contributed by atoms with Gasteiger partial charge in [0.15, 0.2) is 17.5 Å². The molecule has 0 heterocycles. The first-order valence-corrected chi connectivity index (χ1v) is 11.9. The molecular weight excluding hydrogens is 397 g/mol. The Bertz CT molecular complexity index is 842. The van der Waals surface area contributed by atoms with E-state index in [0.29, 0.717) is 11.7 Å². The number of rotatable bonds is 6. The summed E-state index contributed by atoms with van der Waals surface area (Å²) in [6, 6.07) is 10.0. The molecule has 0 saturated heterocycles. The number of hydrogen-bond donors (Lipinski definition) is 0. The molecule has 2 aliphatic rings. The third kappa shape index (κ3) is 5.45. The van der Waals surface area contributed by atoms with Crippen molar-refractivity contribution in [2.24, 2.45) is 17.8 Å². The highest BCUT2D eigenvalue weighted by atomic mass is 19.2. The SMILES string of the molecule is CCC1CCC(C2CCC(c3cccc(OCc4cc(F)c(F)c(F)c4)c3)CC2)CC1. The van der Waals surface area contributed by atoms with Crippen LogP contribution >= 0.6 is 0 Å². The maximum absolute atomic E-state index is 13.4. The van der Waals surface area contributed by atoms with Crippen LogP contribution in [-0.4, -0.2) is 0 Å². The van der Waals surface area contributed by atoms with Crippen LogP contribution in [0.15, 0.2) is 36.4 Å². The second kappa shape index (κ2) is 10.1. The van der Waals surface area contributed by atoms with Gasteiger partial charge in [0, 0.05) is 0 Å². The third-order valence-corrected chi connectivity index (χ3v) is 7.69. The molecule has 2 saturated carbocycles. The molecule has 0 spiro atoms. The topological polar surface area (TPSA) is 9.23 Å². The van der Waals surface area contributed by atoms with E-state index in [-0.39, 0.29) is 12.2 Å². The first-order chi connectivity index (χ1) is 15.0. The number of benzene rings is 2. The summed E-state index contributed by atoms with van der Waals surface area (Å²) in [5.41, 5.74) is 1.56. The van der Waals surface area contributed by atoms with Crippen molar-refractivity contribution in [3.63, 3.8) is 0 Å². The molecule has 168 valence electrons. The van der Waals surface area contributed by atoms with E-state index < -0.39 is 17.5 Å². The molecule has 31 heavy (non-hydrogen) atoms. The van der Waals surface area contributed by atoms with Gasteiger partial charge >= 0.3 is 0 Å². The highest BCUT2D eigenvalue weighted by Crippen LogP contribution is 2.44. The first kappa shape index (κ1) is 22.2. The minimum absolute atomic E-state index is 0.00471. The van der Waals surface area contributed by atoms with Gasteiger partial charge in [-0.3, -0.25) is 0 Å². The van der Waals surface area contributed by atoms with Gasteiger partial charge < -0.3 is 4.74 Å². The van der Waals surface area contributed by atoms with Crippen LogP contribution in [0.4, 0.5) is 13.2 Å². The third-order valence-electron chi connectivity index (χ3n) is 7.69. The highest BCUT2D eigenvalue weighted by Gasteiger charge is 2.31. The van der Waals surface area contributed by atoms with Crippen LogP contribution in [0.25, 0.3) is 0 Å². The van der Waals surface area contributed by atoms with E-state index in [9.17, 15) is 13.2 Å². The fraction of sp³-hybridized carbons (Fsp3) is 0.556. The standard InChI is InChI=1S/C27H33F3O/c1-2-18-6-8-20(9-7-18)21-10-12-22(13-11-21)23-4-3-5-24(16-23)31-17-19-14-25(28)27(30)26(29)15-19/h3-5,14-16,18,20-22H,2,6-13,17H2,1H3. The molecule has 2 aliphatic carbocycles. The van der Waals surface area contributed by atoms with Gasteiger partial charge in [-0.25, -0.2) is 13.2 Å². The number of ether oxygens (including phenoxy) is 1. The van der Waals surface area contributed by atoms with Crippen molar-refractivity contribution in [2.75, 3.05) is 0 Å². The van der Waals surface area contributed by atoms with Crippen LogP contribution < -0.4 is 4.74 Å². The molecule has 4 rings (SSSR count). The van der Waals surface area contributed by atoms with Crippen molar-refractivity contribution >= 4 is 0 Å². The van der Waals surface area contributed by atoms with Crippen molar-refractivity contribution < 1.29 is 17.9 Å². The predicted octanol–water partition coefficient (Wildman–Crippen LogP) is 8.17. The van der Waals surface area contributed by atoms with Gasteiger partial charge in [-0.15, -0.1) is 0 Å². The summed E-state index contributed by atoms with van der Waals surface area (Å²) in [5.74, 6) is 0.180. The normalized spacial score (nSPS) is 26.6. The molecule has 0 N–H and O–H groups in total. The molecule has 2 fully saturated rings. The average Bonchev–Trinajstić information content (AvgIpc) is 2.81. The van der Waals surface area contributed by atoms with E-state index in [1.54, 1.807) is 0 Å². The molecule has 1 nitrogen and oxygen atoms in total. The Morgan fingerprint density at radius 2 is 1.42 bits per heavy atom. The molecule has 0 aromatic heterocycles. The molecular formula is C27H33F3O. The molecule has 0 bridgehead atoms. The van der Waals surface area contributed by atoms with E-state index in [2.05, 4.69) is 13.0 Å². The first-order valence-electron chi connectivity index (χ1n) is 11.9. The Morgan fingerprint density at radius 3 is 2.03 bits per heavy atom. The Balaban J connectivity index is 1.31. The lowest BCUT2D eigenvalue weighted by Gasteiger charge is -2.38. The summed E-state index contributed by atoms with van der Waals surface area (Å²) >= 11 is 0. The second-order valence-corrected chi connectivity index (χ2v) is 9.54. The van der Waals surface area contributed by atoms with Gasteiger partial charge in [0.2, 0.25) is 0 Å². The number of halogens is 3. The van der Waals surface area contributed by atoms with E-state index in [0.717, 1.165) is 29.9 Å². The predicted molar refractivity (Wildman–Crippen MR) is 118 cm³/mol. The van der Waals surface area contributed by atoms with Crippen LogP contribution in [0.5, 0.6) is 5.75 Å². The molecule has 0 amide bonds. The van der Waals surface area contributed by atoms with Gasteiger partial charge in [0.25, 0.3) is 0 Å². The summed E-state index contributed by atoms with van der Waals surface area (Å²) in [5, 5.41) is 0. The largest absolute Gasteiger partial charge is 0.489 e. The van der Waals surface area contributed by atoms with Crippen molar-refractivity contribution in [1.29, 1.82) is 0 Å². The summed E-state index contributed by atoms with van der Waals surface area (Å²) in [4.78, 5) is 0. The molecule has 0 radical (unpaired) electrons. The van der Waals surface area contributed by atoms with Gasteiger partial charge in [-0.1, -0.05) is 38.3 Å². The maximum atomic E-state index is 13.4. The minimum atomic E-state index is -1.44. The van der Waals surface area contributed by atoms with E-state index in [1.165, 1.54) is 63.4 Å². The Hall–Kier alpha value is -1.97. The lowest BCUT2D eigenvalue weighted by atomic mass is 9.68. The fourth-order valence-corrected chi connectivity index (χ4v) is 5.71. The molecule has 4 heteroatoms. The van der Waals surface area contributed by atoms with Crippen LogP contribution in [-0.2, 0) is 6.61 Å². The molecule has 0 atom stereocenters. The lowest BCUT2D eigenvalue weighted by molar-refractivity contribution is 0.158. The van der Waals surface area contributed by atoms with Crippen LogP contribution in [0.3, 0.4) is 0 Å². The lowest BCUT2D eigenvalue weighted by Crippen LogP contribution is -2.25. The van der Waals surface area contributed by atoms with E-state index in [4.69, 9.17) is 4.74 Å². The number of hydrogen-bond acceptors (Lipinski definition) is 1. The van der Waals surface area contributed by atoms with Crippen molar-refractivity contribution in [2.45, 2.75) is 77.2 Å². The quantitative estimate of drug-likeness (QED) is 0.420. The van der Waals surface area contributed by atoms with Crippen molar-refractivity contribution in [3.05, 3.63) is 65.0 Å². The second-order valence-electron chi connectivity index (χ2n) is 9.54. The Kier molecular flexibility index (Phi) is 7.24. The van der Waals surface area contributed by atoms with Crippen molar-refractivity contribution in [1.82, 2.24) is 0 Å². The fourth-order valence-electron chi connectivity index (χ4n) is 5.71. The monoisotopic (exact) mass is 430 g/mol. The van der Waals surface area contributed by atoms with Crippen LogP contribution in [0, 0.1) is 35.2 Å². The maximum Gasteiger partial charge on any atom is 0.194 e. The molecule has 2 aromatic rings. The average molecular weight is 431 g/mol. The molecule has 0 aliphatic heterocycles. The van der Waals surface area contributed by atoms with E-state index >= 15 is 0 Å². The zero-order valence-electron chi connectivity index (χ0n) is 18.4. The van der Waals surface area contributed by atoms with Crippen molar-refractivity contribution in [3.8, 4) is 5.75 Å². The van der Waals surface area contributed by atoms with Crippen LogP contribution in [0.1, 0.15) is 81.8 Å². The summed E-state index contributed by atoms with van der Waals surface area (Å²) in [6.07, 6.45) is 12.1. The Morgan fingerprint density at radius 1 is 0.806 bits per heavy atom. The smallest absolute Gasteiger partial charge is 0.194 e. The van der Waals surface area contributed by atoms with E-state index in [1.807, 2.05) is 18.2 Å². The summed E-state index contributed by atoms with van der Waals surface area (Å²) in [6.45, 7) is 2.33. The zero-order valence-corrected chi connectivity index (χ0v) is 18.4. The van der Waals surface area contributed by atoms with Crippen LogP contribution in [0.2, 0.25) is 0 Å². The molecule has 2 aromatic carbocycles. The Labute approximate surface area is 184 Å². The van der Waals surface area contributed by atoms with Gasteiger partial charge in [0.05, 0.1) is 0 Å². The summed E-state index contributed by atoms with van der Waals surface area (Å²) < 4.78 is 45.7. The summed E-state index contributed by atoms with van der Waals surface area (Å²) in [7, 11) is 0. The van der Waals surface area contributed by atoms with Gasteiger partial charge in [0.1, 0.15) is 12.4 Å².